The van der Waals surface area contributed by atoms with Crippen molar-refractivity contribution in [3.63, 3.8) is 0 Å². The quantitative estimate of drug-likeness (QED) is 0.746. The molecule has 1 rings (SSSR count). The van der Waals surface area contributed by atoms with Crippen LogP contribution in [0.4, 0.5) is 0 Å². The summed E-state index contributed by atoms with van der Waals surface area (Å²) >= 11 is 0. The first-order valence-corrected chi connectivity index (χ1v) is 6.90. The summed E-state index contributed by atoms with van der Waals surface area (Å²) < 4.78 is 0. The van der Waals surface area contributed by atoms with E-state index in [2.05, 4.69) is 32.8 Å². The van der Waals surface area contributed by atoms with Crippen molar-refractivity contribution in [1.29, 1.82) is 0 Å². The first-order chi connectivity index (χ1) is 7.54. The van der Waals surface area contributed by atoms with E-state index in [9.17, 15) is 5.11 Å². The summed E-state index contributed by atoms with van der Waals surface area (Å²) in [6.07, 6.45) is 8.42. The zero-order valence-corrected chi connectivity index (χ0v) is 11.5. The highest BCUT2D eigenvalue weighted by Crippen LogP contribution is 2.37. The van der Waals surface area contributed by atoms with Gasteiger partial charge < -0.3 is 10.0 Å². The topological polar surface area (TPSA) is 23.5 Å². The van der Waals surface area contributed by atoms with Gasteiger partial charge in [-0.15, -0.1) is 0 Å². The molecule has 2 nitrogen and oxygen atoms in total. The molecule has 0 heterocycles. The zero-order valence-electron chi connectivity index (χ0n) is 11.5. The predicted octanol–water partition coefficient (Wildman–Crippen LogP) is 3.05. The van der Waals surface area contributed by atoms with Gasteiger partial charge in [-0.3, -0.25) is 0 Å². The van der Waals surface area contributed by atoms with Crippen molar-refractivity contribution in [1.82, 2.24) is 4.90 Å². The van der Waals surface area contributed by atoms with E-state index in [4.69, 9.17) is 0 Å². The predicted molar refractivity (Wildman–Crippen MR) is 69.6 cm³/mol. The molecule has 2 unspecified atom stereocenters. The Morgan fingerprint density at radius 3 is 2.00 bits per heavy atom. The van der Waals surface area contributed by atoms with E-state index in [0.29, 0.717) is 5.92 Å². The van der Waals surface area contributed by atoms with E-state index < -0.39 is 0 Å². The van der Waals surface area contributed by atoms with Gasteiger partial charge in [0, 0.05) is 5.54 Å². The van der Waals surface area contributed by atoms with Crippen molar-refractivity contribution < 1.29 is 5.11 Å². The van der Waals surface area contributed by atoms with Crippen LogP contribution in [0.3, 0.4) is 0 Å². The molecule has 1 N–H and O–H groups in total. The van der Waals surface area contributed by atoms with Crippen molar-refractivity contribution >= 4 is 0 Å². The van der Waals surface area contributed by atoms with Gasteiger partial charge in [0.1, 0.15) is 0 Å². The molecule has 0 aliphatic heterocycles. The van der Waals surface area contributed by atoms with Gasteiger partial charge in [0.15, 0.2) is 0 Å². The zero-order chi connectivity index (χ0) is 12.2. The second-order valence-electron chi connectivity index (χ2n) is 5.74. The average molecular weight is 227 g/mol. The summed E-state index contributed by atoms with van der Waals surface area (Å²) in [5, 5.41) is 10.6. The molecule has 0 aromatic heterocycles. The summed E-state index contributed by atoms with van der Waals surface area (Å²) in [5.41, 5.74) is 0.0337. The molecular weight excluding hydrogens is 198 g/mol. The normalized spacial score (nSPS) is 25.1. The van der Waals surface area contributed by atoms with Crippen LogP contribution in [0, 0.1) is 5.92 Å². The molecule has 96 valence electrons. The van der Waals surface area contributed by atoms with Gasteiger partial charge in [-0.05, 0) is 32.9 Å². The van der Waals surface area contributed by atoms with Crippen LogP contribution in [0.15, 0.2) is 0 Å². The van der Waals surface area contributed by atoms with Gasteiger partial charge in [0.2, 0.25) is 0 Å². The molecule has 0 radical (unpaired) electrons. The number of aliphatic hydroxyl groups is 1. The number of rotatable bonds is 4. The second kappa shape index (κ2) is 6.02. The molecular formula is C14H29NO. The van der Waals surface area contributed by atoms with E-state index in [-0.39, 0.29) is 11.6 Å². The Bertz CT molecular complexity index is 195. The lowest BCUT2D eigenvalue weighted by Gasteiger charge is -2.45. The minimum atomic E-state index is -0.175. The minimum absolute atomic E-state index is 0.0337. The number of hydrogen-bond acceptors (Lipinski definition) is 2. The Labute approximate surface area is 101 Å². The standard InChI is InChI=1S/C14H29NO/c1-5-12(2)13(16)14(15(3)4)10-8-6-7-9-11-14/h12-13,16H,5-11H2,1-4H3. The molecule has 0 saturated heterocycles. The minimum Gasteiger partial charge on any atom is -0.391 e. The smallest absolute Gasteiger partial charge is 0.0748 e. The third-order valence-electron chi connectivity index (χ3n) is 4.59. The maximum absolute atomic E-state index is 10.6. The van der Waals surface area contributed by atoms with E-state index in [1.807, 2.05) is 0 Å². The lowest BCUT2D eigenvalue weighted by atomic mass is 9.77. The molecule has 0 amide bonds. The fourth-order valence-electron chi connectivity index (χ4n) is 3.10. The lowest BCUT2D eigenvalue weighted by molar-refractivity contribution is -0.0477. The van der Waals surface area contributed by atoms with Crippen molar-refractivity contribution in [2.24, 2.45) is 5.92 Å². The first kappa shape index (κ1) is 14.0. The van der Waals surface area contributed by atoms with Crippen LogP contribution in [0.2, 0.25) is 0 Å². The Morgan fingerprint density at radius 2 is 1.62 bits per heavy atom. The Hall–Kier alpha value is -0.0800. The molecule has 2 heteroatoms. The third kappa shape index (κ3) is 2.78. The van der Waals surface area contributed by atoms with Crippen LogP contribution in [0.1, 0.15) is 58.8 Å². The van der Waals surface area contributed by atoms with Gasteiger partial charge >= 0.3 is 0 Å². The maximum Gasteiger partial charge on any atom is 0.0748 e. The number of aliphatic hydroxyl groups excluding tert-OH is 1. The Kier molecular flexibility index (Phi) is 5.26. The largest absolute Gasteiger partial charge is 0.391 e. The molecule has 0 aromatic carbocycles. The number of likely N-dealkylation sites (N-methyl/N-ethyl adjacent to an activating group) is 1. The second-order valence-corrected chi connectivity index (χ2v) is 5.74. The SMILES string of the molecule is CCC(C)C(O)C1(N(C)C)CCCCCC1. The van der Waals surface area contributed by atoms with Crippen LogP contribution in [-0.2, 0) is 0 Å². The number of nitrogens with zero attached hydrogens (tertiary/aromatic N) is 1. The fraction of sp³-hybridized carbons (Fsp3) is 1.00. The van der Waals surface area contributed by atoms with Gasteiger partial charge in [-0.2, -0.15) is 0 Å². The molecule has 1 aliphatic carbocycles. The van der Waals surface area contributed by atoms with Crippen molar-refractivity contribution in [2.45, 2.75) is 70.4 Å². The average Bonchev–Trinajstić information content (AvgIpc) is 2.53. The molecule has 1 saturated carbocycles. The van der Waals surface area contributed by atoms with E-state index >= 15 is 0 Å². The molecule has 16 heavy (non-hydrogen) atoms. The van der Waals surface area contributed by atoms with Crippen LogP contribution in [0.5, 0.6) is 0 Å². The van der Waals surface area contributed by atoms with E-state index in [1.54, 1.807) is 0 Å². The lowest BCUT2D eigenvalue weighted by Crippen LogP contribution is -2.55. The highest BCUT2D eigenvalue weighted by molar-refractivity contribution is 4.97. The van der Waals surface area contributed by atoms with Crippen molar-refractivity contribution in [3.05, 3.63) is 0 Å². The number of hydrogen-bond donors (Lipinski definition) is 1. The maximum atomic E-state index is 10.6. The molecule has 0 aromatic rings. The van der Waals surface area contributed by atoms with E-state index in [1.165, 1.54) is 25.7 Å². The highest BCUT2D eigenvalue weighted by atomic mass is 16.3. The molecule has 2 atom stereocenters. The van der Waals surface area contributed by atoms with Gasteiger partial charge in [-0.25, -0.2) is 0 Å². The monoisotopic (exact) mass is 227 g/mol. The van der Waals surface area contributed by atoms with E-state index in [0.717, 1.165) is 19.3 Å². The summed E-state index contributed by atoms with van der Waals surface area (Å²) in [7, 11) is 4.27. The van der Waals surface area contributed by atoms with Crippen LogP contribution in [0.25, 0.3) is 0 Å². The molecule has 1 aliphatic rings. The Morgan fingerprint density at radius 1 is 1.12 bits per heavy atom. The fourth-order valence-corrected chi connectivity index (χ4v) is 3.10. The molecule has 0 spiro atoms. The van der Waals surface area contributed by atoms with Gasteiger partial charge in [0.05, 0.1) is 6.10 Å². The van der Waals surface area contributed by atoms with Crippen LogP contribution in [-0.4, -0.2) is 35.7 Å². The Balaban J connectivity index is 2.85. The summed E-state index contributed by atoms with van der Waals surface area (Å²) in [4.78, 5) is 2.29. The third-order valence-corrected chi connectivity index (χ3v) is 4.59. The first-order valence-electron chi connectivity index (χ1n) is 6.90. The van der Waals surface area contributed by atoms with Crippen LogP contribution >= 0.6 is 0 Å². The summed E-state index contributed by atoms with van der Waals surface area (Å²) in [5.74, 6) is 0.403. The summed E-state index contributed by atoms with van der Waals surface area (Å²) in [6.45, 7) is 4.36. The van der Waals surface area contributed by atoms with Crippen LogP contribution < -0.4 is 0 Å². The molecule has 0 bridgehead atoms. The van der Waals surface area contributed by atoms with Gasteiger partial charge in [-0.1, -0.05) is 46.0 Å². The highest BCUT2D eigenvalue weighted by Gasteiger charge is 2.41. The summed E-state index contributed by atoms with van der Waals surface area (Å²) in [6, 6.07) is 0. The van der Waals surface area contributed by atoms with Crippen molar-refractivity contribution in [2.75, 3.05) is 14.1 Å². The molecule has 1 fully saturated rings. The van der Waals surface area contributed by atoms with Gasteiger partial charge in [0.25, 0.3) is 0 Å². The van der Waals surface area contributed by atoms with Crippen molar-refractivity contribution in [3.8, 4) is 0 Å².